The van der Waals surface area contributed by atoms with Crippen molar-refractivity contribution in [3.63, 3.8) is 0 Å². The van der Waals surface area contributed by atoms with E-state index in [1.807, 2.05) is 6.92 Å². The highest BCUT2D eigenvalue weighted by Crippen LogP contribution is 2.23. The topological polar surface area (TPSA) is 87.2 Å². The van der Waals surface area contributed by atoms with Gasteiger partial charge in [0.05, 0.1) is 18.9 Å². The normalized spacial score (nSPS) is 21.8. The predicted molar refractivity (Wildman–Crippen MR) is 75.8 cm³/mol. The van der Waals surface area contributed by atoms with Gasteiger partial charge in [-0.1, -0.05) is 0 Å². The van der Waals surface area contributed by atoms with Gasteiger partial charge in [-0.3, -0.25) is 9.59 Å². The molecule has 1 saturated heterocycles. The van der Waals surface area contributed by atoms with Gasteiger partial charge in [0.1, 0.15) is 0 Å². The molecule has 2 unspecified atom stereocenters. The van der Waals surface area contributed by atoms with Crippen LogP contribution >= 0.6 is 0 Å². The van der Waals surface area contributed by atoms with E-state index in [0.29, 0.717) is 32.5 Å². The maximum atomic E-state index is 12.3. The van der Waals surface area contributed by atoms with E-state index < -0.39 is 5.97 Å². The monoisotopic (exact) mass is 300 g/mol. The number of hydrogen-bond donors (Lipinski definition) is 1. The molecule has 120 valence electrons. The lowest BCUT2D eigenvalue weighted by Gasteiger charge is -2.38. The van der Waals surface area contributed by atoms with E-state index in [1.54, 1.807) is 18.9 Å². The summed E-state index contributed by atoms with van der Waals surface area (Å²) >= 11 is 0. The number of carbonyl (C=O) groups excluding carboxylic acids is 2. The Balaban J connectivity index is 2.47. The largest absolute Gasteiger partial charge is 0.481 e. The summed E-state index contributed by atoms with van der Waals surface area (Å²) in [6.45, 7) is 4.65. The summed E-state index contributed by atoms with van der Waals surface area (Å²) in [6.07, 6.45) is 1.10. The van der Waals surface area contributed by atoms with Crippen molar-refractivity contribution in [3.05, 3.63) is 0 Å². The first-order chi connectivity index (χ1) is 9.86. The standard InChI is InChI=1S/C14H24N2O5/c1-4-21-12(17)6-7-15(3)14(20)16-8-5-11(13(18)19)9-10(16)2/h10-11H,4-9H2,1-3H3,(H,18,19). The molecule has 1 N–H and O–H groups in total. The molecule has 1 aliphatic heterocycles. The minimum absolute atomic E-state index is 0.114. The van der Waals surface area contributed by atoms with Crippen LogP contribution in [0.25, 0.3) is 0 Å². The summed E-state index contributed by atoms with van der Waals surface area (Å²) in [6, 6.07) is -0.284. The SMILES string of the molecule is CCOC(=O)CCN(C)C(=O)N1CCC(C(=O)O)CC1C. The highest BCUT2D eigenvalue weighted by Gasteiger charge is 2.33. The summed E-state index contributed by atoms with van der Waals surface area (Å²) in [4.78, 5) is 37.7. The molecule has 0 bridgehead atoms. The smallest absolute Gasteiger partial charge is 0.319 e. The van der Waals surface area contributed by atoms with Crippen molar-refractivity contribution in [2.75, 3.05) is 26.7 Å². The van der Waals surface area contributed by atoms with Crippen molar-refractivity contribution in [2.24, 2.45) is 5.92 Å². The summed E-state index contributed by atoms with van der Waals surface area (Å²) in [5.74, 6) is -1.51. The number of rotatable bonds is 5. The van der Waals surface area contributed by atoms with Crippen LogP contribution < -0.4 is 0 Å². The van der Waals surface area contributed by atoms with Gasteiger partial charge >= 0.3 is 18.0 Å². The number of piperidine rings is 1. The number of aliphatic carboxylic acids is 1. The van der Waals surface area contributed by atoms with Gasteiger partial charge in [-0.15, -0.1) is 0 Å². The second-order valence-corrected chi connectivity index (χ2v) is 5.36. The number of esters is 1. The minimum atomic E-state index is -0.801. The lowest BCUT2D eigenvalue weighted by atomic mass is 9.92. The van der Waals surface area contributed by atoms with Gasteiger partial charge in [0, 0.05) is 26.2 Å². The van der Waals surface area contributed by atoms with Crippen LogP contribution in [0.3, 0.4) is 0 Å². The lowest BCUT2D eigenvalue weighted by molar-refractivity contribution is -0.144. The first-order valence-corrected chi connectivity index (χ1v) is 7.27. The second kappa shape index (κ2) is 7.85. The number of likely N-dealkylation sites (tertiary alicyclic amines) is 1. The molecule has 0 saturated carbocycles. The molecule has 1 heterocycles. The number of amides is 2. The van der Waals surface area contributed by atoms with Crippen LogP contribution in [-0.2, 0) is 14.3 Å². The van der Waals surface area contributed by atoms with Crippen LogP contribution in [0.15, 0.2) is 0 Å². The molecule has 0 spiro atoms. The maximum Gasteiger partial charge on any atom is 0.319 e. The third kappa shape index (κ3) is 4.91. The van der Waals surface area contributed by atoms with Crippen molar-refractivity contribution < 1.29 is 24.2 Å². The summed E-state index contributed by atoms with van der Waals surface area (Å²) in [5, 5.41) is 9.02. The summed E-state index contributed by atoms with van der Waals surface area (Å²) in [7, 11) is 1.64. The van der Waals surface area contributed by atoms with Crippen molar-refractivity contribution in [2.45, 2.75) is 39.2 Å². The number of nitrogens with zero attached hydrogens (tertiary/aromatic N) is 2. The molecule has 1 aliphatic rings. The Labute approximate surface area is 124 Å². The molecule has 0 aliphatic carbocycles. The van der Waals surface area contributed by atoms with Crippen LogP contribution in [0.4, 0.5) is 4.79 Å². The molecule has 7 heteroatoms. The molecular formula is C14H24N2O5. The summed E-state index contributed by atoms with van der Waals surface area (Å²) in [5.41, 5.74) is 0. The molecule has 1 fully saturated rings. The van der Waals surface area contributed by atoms with Gasteiger partial charge in [-0.25, -0.2) is 4.79 Å². The zero-order valence-electron chi connectivity index (χ0n) is 12.9. The fourth-order valence-corrected chi connectivity index (χ4v) is 2.49. The predicted octanol–water partition coefficient (Wildman–Crippen LogP) is 1.18. The number of urea groups is 1. The first-order valence-electron chi connectivity index (χ1n) is 7.27. The Hall–Kier alpha value is -1.79. The highest BCUT2D eigenvalue weighted by molar-refractivity contribution is 5.77. The van der Waals surface area contributed by atoms with E-state index in [0.717, 1.165) is 0 Å². The molecule has 0 radical (unpaired) electrons. The van der Waals surface area contributed by atoms with Gasteiger partial charge in [0.25, 0.3) is 0 Å². The number of carboxylic acids is 1. The van der Waals surface area contributed by atoms with E-state index in [4.69, 9.17) is 9.84 Å². The van der Waals surface area contributed by atoms with Crippen LogP contribution in [-0.4, -0.2) is 65.7 Å². The average Bonchev–Trinajstić information content (AvgIpc) is 2.44. The number of hydrogen-bond acceptors (Lipinski definition) is 4. The lowest BCUT2D eigenvalue weighted by Crippen LogP contribution is -2.50. The number of ether oxygens (including phenoxy) is 1. The molecule has 2 amide bonds. The second-order valence-electron chi connectivity index (χ2n) is 5.36. The maximum absolute atomic E-state index is 12.3. The molecule has 2 atom stereocenters. The van der Waals surface area contributed by atoms with Gasteiger partial charge in [-0.2, -0.15) is 0 Å². The molecular weight excluding hydrogens is 276 g/mol. The zero-order chi connectivity index (χ0) is 16.0. The molecule has 0 aromatic rings. The summed E-state index contributed by atoms with van der Waals surface area (Å²) < 4.78 is 4.82. The van der Waals surface area contributed by atoms with Gasteiger partial charge in [-0.05, 0) is 26.7 Å². The number of carbonyl (C=O) groups is 3. The van der Waals surface area contributed by atoms with Crippen LogP contribution in [0, 0.1) is 5.92 Å². The fraction of sp³-hybridized carbons (Fsp3) is 0.786. The third-order valence-corrected chi connectivity index (χ3v) is 3.75. The Morgan fingerprint density at radius 2 is 2.05 bits per heavy atom. The van der Waals surface area contributed by atoms with E-state index >= 15 is 0 Å². The molecule has 7 nitrogen and oxygen atoms in total. The molecule has 1 rings (SSSR count). The van der Waals surface area contributed by atoms with Crippen LogP contribution in [0.5, 0.6) is 0 Å². The minimum Gasteiger partial charge on any atom is -0.481 e. The van der Waals surface area contributed by atoms with E-state index in [9.17, 15) is 14.4 Å². The molecule has 21 heavy (non-hydrogen) atoms. The van der Waals surface area contributed by atoms with Crippen molar-refractivity contribution in [1.29, 1.82) is 0 Å². The van der Waals surface area contributed by atoms with E-state index in [2.05, 4.69) is 0 Å². The van der Waals surface area contributed by atoms with Gasteiger partial charge < -0.3 is 19.6 Å². The Bertz CT molecular complexity index is 399. The van der Waals surface area contributed by atoms with E-state index in [-0.39, 0.29) is 30.4 Å². The van der Waals surface area contributed by atoms with Crippen molar-refractivity contribution in [3.8, 4) is 0 Å². The number of carboxylic acid groups (broad SMARTS) is 1. The Kier molecular flexibility index (Phi) is 6.45. The zero-order valence-corrected chi connectivity index (χ0v) is 12.9. The fourth-order valence-electron chi connectivity index (χ4n) is 2.49. The van der Waals surface area contributed by atoms with Crippen molar-refractivity contribution >= 4 is 18.0 Å². The molecule has 0 aromatic carbocycles. The van der Waals surface area contributed by atoms with Gasteiger partial charge in [0.2, 0.25) is 0 Å². The third-order valence-electron chi connectivity index (χ3n) is 3.75. The quantitative estimate of drug-likeness (QED) is 0.770. The van der Waals surface area contributed by atoms with Crippen LogP contribution in [0.1, 0.15) is 33.1 Å². The Morgan fingerprint density at radius 3 is 2.57 bits per heavy atom. The average molecular weight is 300 g/mol. The molecule has 0 aromatic heterocycles. The Morgan fingerprint density at radius 1 is 1.38 bits per heavy atom. The highest BCUT2D eigenvalue weighted by atomic mass is 16.5. The van der Waals surface area contributed by atoms with E-state index in [1.165, 1.54) is 4.90 Å². The van der Waals surface area contributed by atoms with Gasteiger partial charge in [0.15, 0.2) is 0 Å². The first kappa shape index (κ1) is 17.3. The van der Waals surface area contributed by atoms with Crippen molar-refractivity contribution in [1.82, 2.24) is 9.80 Å². The van der Waals surface area contributed by atoms with Crippen LogP contribution in [0.2, 0.25) is 0 Å².